The zero-order chi connectivity index (χ0) is 13.4. The first-order chi connectivity index (χ1) is 8.63. The number of ether oxygens (including phenoxy) is 1. The Hall–Kier alpha value is -1.26. The monoisotopic (exact) mass is 255 g/mol. The van der Waals surface area contributed by atoms with Crippen LogP contribution in [0.15, 0.2) is 24.3 Å². The number of hydrogen-bond donors (Lipinski definition) is 1. The van der Waals surface area contributed by atoms with Gasteiger partial charge in [-0.25, -0.2) is 8.78 Å². The highest BCUT2D eigenvalue weighted by molar-refractivity contribution is 5.63. The van der Waals surface area contributed by atoms with Gasteiger partial charge in [0.1, 0.15) is 11.6 Å². The lowest BCUT2D eigenvalue weighted by Gasteiger charge is -2.04. The van der Waals surface area contributed by atoms with Gasteiger partial charge < -0.3 is 10.1 Å². The maximum atomic E-state index is 13.0. The lowest BCUT2D eigenvalue weighted by molar-refractivity contribution is 0.199. The predicted octanol–water partition coefficient (Wildman–Crippen LogP) is 2.99. The van der Waals surface area contributed by atoms with Crippen LogP contribution in [0.3, 0.4) is 0 Å². The molecule has 100 valence electrons. The fourth-order valence-electron chi connectivity index (χ4n) is 1.59. The van der Waals surface area contributed by atoms with Gasteiger partial charge in [-0.2, -0.15) is 0 Å². The van der Waals surface area contributed by atoms with E-state index in [1.165, 1.54) is 12.1 Å². The largest absolute Gasteiger partial charge is 0.383 e. The van der Waals surface area contributed by atoms with Gasteiger partial charge in [-0.15, -0.1) is 0 Å². The summed E-state index contributed by atoms with van der Waals surface area (Å²) in [5, 5.41) is 3.20. The van der Waals surface area contributed by atoms with Gasteiger partial charge >= 0.3 is 0 Å². The third-order valence-electron chi connectivity index (χ3n) is 2.57. The summed E-state index contributed by atoms with van der Waals surface area (Å²) in [6, 6.07) is 3.56. The Balaban J connectivity index is 2.45. The molecule has 0 spiro atoms. The fourth-order valence-corrected chi connectivity index (χ4v) is 1.59. The van der Waals surface area contributed by atoms with E-state index < -0.39 is 11.6 Å². The lowest BCUT2D eigenvalue weighted by atomic mass is 10.1. The van der Waals surface area contributed by atoms with Crippen molar-refractivity contribution in [2.24, 2.45) is 0 Å². The van der Waals surface area contributed by atoms with Crippen molar-refractivity contribution in [2.45, 2.75) is 13.3 Å². The first-order valence-corrected chi connectivity index (χ1v) is 5.96. The topological polar surface area (TPSA) is 21.3 Å². The quantitative estimate of drug-likeness (QED) is 0.756. The van der Waals surface area contributed by atoms with E-state index in [9.17, 15) is 8.78 Å². The molecule has 0 aliphatic carbocycles. The molecular formula is C14H19F2NO. The van der Waals surface area contributed by atoms with Crippen LogP contribution >= 0.6 is 0 Å². The highest BCUT2D eigenvalue weighted by atomic mass is 19.1. The van der Waals surface area contributed by atoms with Gasteiger partial charge in [0.15, 0.2) is 0 Å². The number of nitrogens with one attached hydrogen (secondary N) is 1. The highest BCUT2D eigenvalue weighted by Crippen LogP contribution is 2.17. The Morgan fingerprint density at radius 3 is 2.50 bits per heavy atom. The Labute approximate surface area is 107 Å². The Morgan fingerprint density at radius 2 is 1.89 bits per heavy atom. The number of allylic oxidation sites excluding steroid dienone is 1. The smallest absolute Gasteiger partial charge is 0.126 e. The Morgan fingerprint density at radius 1 is 1.22 bits per heavy atom. The van der Waals surface area contributed by atoms with E-state index in [-0.39, 0.29) is 0 Å². The van der Waals surface area contributed by atoms with E-state index >= 15 is 0 Å². The zero-order valence-electron chi connectivity index (χ0n) is 10.8. The molecule has 0 amide bonds. The molecule has 0 saturated heterocycles. The van der Waals surface area contributed by atoms with Crippen molar-refractivity contribution in [3.05, 3.63) is 41.5 Å². The molecule has 4 heteroatoms. The molecule has 0 radical (unpaired) electrons. The molecule has 0 unspecified atom stereocenters. The molecule has 18 heavy (non-hydrogen) atoms. The maximum absolute atomic E-state index is 13.0. The predicted molar refractivity (Wildman–Crippen MR) is 69.4 cm³/mol. The second-order valence-electron chi connectivity index (χ2n) is 4.08. The van der Waals surface area contributed by atoms with Crippen molar-refractivity contribution < 1.29 is 13.5 Å². The molecular weight excluding hydrogens is 236 g/mol. The van der Waals surface area contributed by atoms with Crippen molar-refractivity contribution in [1.82, 2.24) is 5.32 Å². The molecule has 1 aromatic rings. The summed E-state index contributed by atoms with van der Waals surface area (Å²) in [5.41, 5.74) is 1.46. The molecule has 0 heterocycles. The first kappa shape index (κ1) is 14.8. The van der Waals surface area contributed by atoms with Crippen LogP contribution in [0.1, 0.15) is 18.9 Å². The molecule has 1 aromatic carbocycles. The second-order valence-corrected chi connectivity index (χ2v) is 4.08. The summed E-state index contributed by atoms with van der Waals surface area (Å²) in [5.74, 6) is -1.09. The fraction of sp³-hybridized carbons (Fsp3) is 0.429. The van der Waals surface area contributed by atoms with E-state index in [2.05, 4.69) is 5.32 Å². The van der Waals surface area contributed by atoms with Gasteiger partial charge in [-0.3, -0.25) is 0 Å². The third kappa shape index (κ3) is 5.38. The van der Waals surface area contributed by atoms with Gasteiger partial charge in [0.25, 0.3) is 0 Å². The number of halogens is 2. The number of rotatable bonds is 7. The summed E-state index contributed by atoms with van der Waals surface area (Å²) < 4.78 is 30.9. The average Bonchev–Trinajstić information content (AvgIpc) is 2.32. The minimum absolute atomic E-state index is 0.545. The van der Waals surface area contributed by atoms with Crippen LogP contribution in [-0.2, 0) is 4.74 Å². The Kier molecular flexibility index (Phi) is 6.54. The summed E-state index contributed by atoms with van der Waals surface area (Å²) in [7, 11) is 1.66. The van der Waals surface area contributed by atoms with Gasteiger partial charge in [-0.05, 0) is 43.2 Å². The van der Waals surface area contributed by atoms with Crippen LogP contribution in [0.25, 0.3) is 5.57 Å². The lowest BCUT2D eigenvalue weighted by Crippen LogP contribution is -2.19. The van der Waals surface area contributed by atoms with E-state index in [0.29, 0.717) is 12.2 Å². The van der Waals surface area contributed by atoms with Crippen LogP contribution < -0.4 is 5.32 Å². The normalized spacial score (nSPS) is 11.9. The standard InChI is InChI=1S/C14H19F2NO/c1-11(4-3-5-17-6-7-18-2)12-8-13(15)10-14(16)9-12/h4,8-10,17H,3,5-7H2,1-2H3. The summed E-state index contributed by atoms with van der Waals surface area (Å²) in [6.45, 7) is 4.15. The van der Waals surface area contributed by atoms with Crippen LogP contribution in [-0.4, -0.2) is 26.8 Å². The third-order valence-corrected chi connectivity index (χ3v) is 2.57. The van der Waals surface area contributed by atoms with Crippen LogP contribution in [0.4, 0.5) is 8.78 Å². The zero-order valence-corrected chi connectivity index (χ0v) is 10.8. The van der Waals surface area contributed by atoms with Crippen molar-refractivity contribution in [2.75, 3.05) is 26.8 Å². The second kappa shape index (κ2) is 7.95. The van der Waals surface area contributed by atoms with Gasteiger partial charge in [0, 0.05) is 19.7 Å². The molecule has 0 aromatic heterocycles. The van der Waals surface area contributed by atoms with Crippen molar-refractivity contribution >= 4 is 5.57 Å². The number of methoxy groups -OCH3 is 1. The molecule has 2 nitrogen and oxygen atoms in total. The average molecular weight is 255 g/mol. The molecule has 0 aliphatic heterocycles. The summed E-state index contributed by atoms with van der Waals surface area (Å²) in [4.78, 5) is 0. The number of benzene rings is 1. The molecule has 0 fully saturated rings. The van der Waals surface area contributed by atoms with Crippen LogP contribution in [0.5, 0.6) is 0 Å². The first-order valence-electron chi connectivity index (χ1n) is 5.96. The van der Waals surface area contributed by atoms with Crippen LogP contribution in [0.2, 0.25) is 0 Å². The van der Waals surface area contributed by atoms with Gasteiger partial charge in [0.2, 0.25) is 0 Å². The van der Waals surface area contributed by atoms with E-state index in [0.717, 1.165) is 31.1 Å². The van der Waals surface area contributed by atoms with E-state index in [4.69, 9.17) is 4.74 Å². The van der Waals surface area contributed by atoms with Crippen molar-refractivity contribution in [1.29, 1.82) is 0 Å². The SMILES string of the molecule is COCCNCCC=C(C)c1cc(F)cc(F)c1. The van der Waals surface area contributed by atoms with Crippen molar-refractivity contribution in [3.63, 3.8) is 0 Å². The molecule has 0 saturated carbocycles. The van der Waals surface area contributed by atoms with Gasteiger partial charge in [-0.1, -0.05) is 6.08 Å². The minimum Gasteiger partial charge on any atom is -0.383 e. The summed E-state index contributed by atoms with van der Waals surface area (Å²) in [6.07, 6.45) is 2.78. The molecule has 0 atom stereocenters. The van der Waals surface area contributed by atoms with E-state index in [1.807, 2.05) is 13.0 Å². The number of hydrogen-bond acceptors (Lipinski definition) is 2. The molecule has 1 N–H and O–H groups in total. The summed E-state index contributed by atoms with van der Waals surface area (Å²) >= 11 is 0. The molecule has 1 rings (SSSR count). The minimum atomic E-state index is -0.545. The highest BCUT2D eigenvalue weighted by Gasteiger charge is 2.01. The van der Waals surface area contributed by atoms with E-state index in [1.54, 1.807) is 7.11 Å². The Bertz CT molecular complexity index is 385. The molecule has 0 bridgehead atoms. The van der Waals surface area contributed by atoms with Crippen LogP contribution in [0, 0.1) is 11.6 Å². The van der Waals surface area contributed by atoms with Gasteiger partial charge in [0.05, 0.1) is 6.61 Å². The van der Waals surface area contributed by atoms with Crippen molar-refractivity contribution in [3.8, 4) is 0 Å². The maximum Gasteiger partial charge on any atom is 0.126 e. The molecule has 0 aliphatic rings.